The van der Waals surface area contributed by atoms with Crippen molar-refractivity contribution < 1.29 is 0 Å². The predicted octanol–water partition coefficient (Wildman–Crippen LogP) is 5.29. The van der Waals surface area contributed by atoms with Crippen LogP contribution in [0.4, 0.5) is 0 Å². The van der Waals surface area contributed by atoms with Crippen molar-refractivity contribution in [1.29, 1.82) is 0 Å². The largest absolute Gasteiger partial charge is 0.179 e. The molecule has 0 spiro atoms. The molecule has 0 aromatic carbocycles. The molecule has 0 radical (unpaired) electrons. The highest BCUT2D eigenvalue weighted by molar-refractivity contribution is 7.80. The van der Waals surface area contributed by atoms with Gasteiger partial charge in [0.1, 0.15) is 0 Å². The van der Waals surface area contributed by atoms with E-state index in [4.69, 9.17) is 0 Å². The van der Waals surface area contributed by atoms with Gasteiger partial charge in [0.05, 0.1) is 0 Å². The summed E-state index contributed by atoms with van der Waals surface area (Å²) in [6.07, 6.45) is 13.6. The molecule has 0 aromatic rings. The van der Waals surface area contributed by atoms with Crippen LogP contribution < -0.4 is 0 Å². The van der Waals surface area contributed by atoms with E-state index < -0.39 is 0 Å². The highest BCUT2D eigenvalue weighted by Crippen LogP contribution is 2.21. The third-order valence-corrected chi connectivity index (χ3v) is 4.22. The summed E-state index contributed by atoms with van der Waals surface area (Å²) in [6, 6.07) is 0. The molecule has 1 atom stereocenters. The Labute approximate surface area is 125 Å². The Morgan fingerprint density at radius 1 is 0.471 bits per heavy atom. The van der Waals surface area contributed by atoms with E-state index in [1.54, 1.807) is 0 Å². The minimum absolute atomic E-state index is 0.914. The van der Waals surface area contributed by atoms with Gasteiger partial charge < -0.3 is 0 Å². The van der Waals surface area contributed by atoms with Crippen molar-refractivity contribution in [3.8, 4) is 0 Å². The Kier molecular flexibility index (Phi) is 16.0. The van der Waals surface area contributed by atoms with Gasteiger partial charge in [-0.2, -0.15) is 37.9 Å². The molecule has 0 aliphatic carbocycles. The third kappa shape index (κ3) is 13.3. The van der Waals surface area contributed by atoms with Crippen molar-refractivity contribution in [1.82, 2.24) is 0 Å². The Morgan fingerprint density at radius 2 is 0.941 bits per heavy atom. The lowest BCUT2D eigenvalue weighted by molar-refractivity contribution is 0.404. The van der Waals surface area contributed by atoms with Gasteiger partial charge in [-0.25, -0.2) is 0 Å². The number of hydrogen-bond donors (Lipinski definition) is 3. The smallest absolute Gasteiger partial charge is 0.00953 e. The first-order valence-electron chi connectivity index (χ1n) is 7.17. The maximum atomic E-state index is 4.37. The maximum Gasteiger partial charge on any atom is -0.00953 e. The molecule has 0 fully saturated rings. The topological polar surface area (TPSA) is 0 Å². The van der Waals surface area contributed by atoms with Crippen LogP contribution in [0.15, 0.2) is 0 Å². The predicted molar refractivity (Wildman–Crippen MR) is 91.2 cm³/mol. The molecule has 0 saturated heterocycles. The Hall–Kier alpha value is 1.05. The van der Waals surface area contributed by atoms with E-state index in [1.165, 1.54) is 64.2 Å². The zero-order valence-electron chi connectivity index (χ0n) is 11.1. The number of thiol groups is 3. The highest BCUT2D eigenvalue weighted by atomic mass is 32.1. The van der Waals surface area contributed by atoms with E-state index in [1.807, 2.05) is 0 Å². The third-order valence-electron chi connectivity index (χ3n) is 3.33. The highest BCUT2D eigenvalue weighted by Gasteiger charge is 2.07. The lowest BCUT2D eigenvalue weighted by Gasteiger charge is -2.15. The van der Waals surface area contributed by atoms with Crippen molar-refractivity contribution in [2.24, 2.45) is 5.92 Å². The maximum absolute atomic E-state index is 4.37. The Bertz CT molecular complexity index is 139. The summed E-state index contributed by atoms with van der Waals surface area (Å²) < 4.78 is 0. The molecule has 104 valence electrons. The summed E-state index contributed by atoms with van der Waals surface area (Å²) in [5.41, 5.74) is 0. The molecule has 0 nitrogen and oxygen atoms in total. The van der Waals surface area contributed by atoms with Crippen LogP contribution in [0.5, 0.6) is 0 Å². The number of rotatable bonds is 13. The lowest BCUT2D eigenvalue weighted by Crippen LogP contribution is -2.02. The quantitative estimate of drug-likeness (QED) is 0.298. The van der Waals surface area contributed by atoms with Crippen LogP contribution in [0.25, 0.3) is 0 Å². The molecule has 17 heavy (non-hydrogen) atoms. The first kappa shape index (κ1) is 18.0. The second kappa shape index (κ2) is 15.1. The standard InChI is InChI=1S/C14H30S3/c15-11-6-3-1-2-4-8-14(10-13-17)9-5-7-12-16/h14-17H,1-13H2. The molecule has 1 unspecified atom stereocenters. The second-order valence-electron chi connectivity index (χ2n) is 4.88. The molecule has 0 bridgehead atoms. The van der Waals surface area contributed by atoms with Crippen molar-refractivity contribution in [3.05, 3.63) is 0 Å². The molecule has 0 N–H and O–H groups in total. The summed E-state index contributed by atoms with van der Waals surface area (Å²) in [5, 5.41) is 0. The summed E-state index contributed by atoms with van der Waals surface area (Å²) in [5.74, 6) is 4.05. The SMILES string of the molecule is SCCCCCCCC(CCS)CCCCS. The zero-order valence-corrected chi connectivity index (χ0v) is 13.8. The average Bonchev–Trinajstić information content (AvgIpc) is 2.34. The summed E-state index contributed by atoms with van der Waals surface area (Å²) >= 11 is 12.9. The molecule has 0 amide bonds. The monoisotopic (exact) mass is 294 g/mol. The molecule has 0 saturated carbocycles. The molecule has 0 heterocycles. The van der Waals surface area contributed by atoms with Gasteiger partial charge in [0, 0.05) is 0 Å². The van der Waals surface area contributed by atoms with Crippen LogP contribution in [-0.4, -0.2) is 17.3 Å². The Morgan fingerprint density at radius 3 is 1.53 bits per heavy atom. The molecular weight excluding hydrogens is 264 g/mol. The second-order valence-corrected chi connectivity index (χ2v) is 6.22. The van der Waals surface area contributed by atoms with Gasteiger partial charge in [-0.05, 0) is 42.4 Å². The van der Waals surface area contributed by atoms with Gasteiger partial charge >= 0.3 is 0 Å². The van der Waals surface area contributed by atoms with Crippen LogP contribution in [0.1, 0.15) is 64.2 Å². The first-order chi connectivity index (χ1) is 8.35. The molecule has 0 rings (SSSR count). The minimum atomic E-state index is 0.914. The van der Waals surface area contributed by atoms with E-state index in [9.17, 15) is 0 Å². The van der Waals surface area contributed by atoms with Gasteiger partial charge in [-0.15, -0.1) is 0 Å². The van der Waals surface area contributed by atoms with Crippen LogP contribution >= 0.6 is 37.9 Å². The van der Waals surface area contributed by atoms with Gasteiger partial charge in [0.25, 0.3) is 0 Å². The van der Waals surface area contributed by atoms with Gasteiger partial charge in [0.15, 0.2) is 0 Å². The van der Waals surface area contributed by atoms with E-state index >= 15 is 0 Å². The minimum Gasteiger partial charge on any atom is -0.179 e. The summed E-state index contributed by atoms with van der Waals surface area (Å²) in [7, 11) is 0. The molecule has 3 heteroatoms. The number of unbranched alkanes of at least 4 members (excludes halogenated alkanes) is 5. The van der Waals surface area contributed by atoms with E-state index in [0.717, 1.165) is 23.2 Å². The van der Waals surface area contributed by atoms with Crippen LogP contribution in [-0.2, 0) is 0 Å². The molecular formula is C14H30S3. The van der Waals surface area contributed by atoms with E-state index in [2.05, 4.69) is 37.9 Å². The van der Waals surface area contributed by atoms with Crippen LogP contribution in [0.3, 0.4) is 0 Å². The molecule has 0 aliphatic heterocycles. The van der Waals surface area contributed by atoms with Gasteiger partial charge in [-0.3, -0.25) is 0 Å². The van der Waals surface area contributed by atoms with Crippen molar-refractivity contribution in [2.45, 2.75) is 64.2 Å². The lowest BCUT2D eigenvalue weighted by atomic mass is 9.93. The van der Waals surface area contributed by atoms with E-state index in [0.29, 0.717) is 0 Å². The van der Waals surface area contributed by atoms with Crippen LogP contribution in [0, 0.1) is 5.92 Å². The van der Waals surface area contributed by atoms with Crippen molar-refractivity contribution >= 4 is 37.9 Å². The fourth-order valence-corrected chi connectivity index (χ4v) is 3.05. The van der Waals surface area contributed by atoms with Crippen molar-refractivity contribution in [2.75, 3.05) is 17.3 Å². The summed E-state index contributed by atoms with van der Waals surface area (Å²) in [6.45, 7) is 0. The average molecular weight is 295 g/mol. The zero-order chi connectivity index (χ0) is 12.8. The number of hydrogen-bond acceptors (Lipinski definition) is 3. The van der Waals surface area contributed by atoms with Crippen molar-refractivity contribution in [3.63, 3.8) is 0 Å². The Balaban J connectivity index is 3.41. The first-order valence-corrected chi connectivity index (χ1v) is 9.07. The molecule has 0 aromatic heterocycles. The van der Waals surface area contributed by atoms with Crippen LogP contribution in [0.2, 0.25) is 0 Å². The van der Waals surface area contributed by atoms with Gasteiger partial charge in [0.2, 0.25) is 0 Å². The fraction of sp³-hybridized carbons (Fsp3) is 1.00. The normalized spacial score (nSPS) is 12.9. The fourth-order valence-electron chi connectivity index (χ4n) is 2.24. The van der Waals surface area contributed by atoms with E-state index in [-0.39, 0.29) is 0 Å². The summed E-state index contributed by atoms with van der Waals surface area (Å²) in [4.78, 5) is 0. The molecule has 0 aliphatic rings. The van der Waals surface area contributed by atoms with Gasteiger partial charge in [-0.1, -0.05) is 44.9 Å².